The SMILES string of the molecule is CCCCCCCCCCCCCCCCCCCC1N(CCCCCCCC)C=CN1CCCCCCCCCC. The Morgan fingerprint density at radius 3 is 0.833 bits per heavy atom. The van der Waals surface area contributed by atoms with Gasteiger partial charge in [0.2, 0.25) is 0 Å². The van der Waals surface area contributed by atoms with Crippen molar-refractivity contribution in [2.24, 2.45) is 0 Å². The van der Waals surface area contributed by atoms with Gasteiger partial charge in [0, 0.05) is 25.5 Å². The topological polar surface area (TPSA) is 6.48 Å². The third kappa shape index (κ3) is 23.8. The minimum absolute atomic E-state index is 0.640. The van der Waals surface area contributed by atoms with Crippen LogP contribution in [0.5, 0.6) is 0 Å². The van der Waals surface area contributed by atoms with Crippen molar-refractivity contribution in [3.63, 3.8) is 0 Å². The maximum Gasteiger partial charge on any atom is 0.101 e. The van der Waals surface area contributed by atoms with E-state index in [1.807, 2.05) is 0 Å². The van der Waals surface area contributed by atoms with Gasteiger partial charge in [-0.2, -0.15) is 0 Å². The van der Waals surface area contributed by atoms with Gasteiger partial charge in [-0.05, 0) is 25.7 Å². The number of rotatable bonds is 34. The molecule has 250 valence electrons. The first-order valence-corrected chi connectivity index (χ1v) is 20.0. The fraction of sp³-hybridized carbons (Fsp3) is 0.950. The summed E-state index contributed by atoms with van der Waals surface area (Å²) >= 11 is 0. The normalized spacial score (nSPS) is 15.0. The van der Waals surface area contributed by atoms with Crippen LogP contribution in [0.2, 0.25) is 0 Å². The summed E-state index contributed by atoms with van der Waals surface area (Å²) in [6.07, 6.45) is 51.4. The van der Waals surface area contributed by atoms with Crippen LogP contribution in [0.1, 0.15) is 226 Å². The van der Waals surface area contributed by atoms with Gasteiger partial charge < -0.3 is 9.80 Å². The molecule has 1 aliphatic rings. The number of hydrogen-bond donors (Lipinski definition) is 0. The summed E-state index contributed by atoms with van der Waals surface area (Å²) in [6.45, 7) is 9.48. The molecule has 0 amide bonds. The van der Waals surface area contributed by atoms with Gasteiger partial charge in [0.05, 0.1) is 0 Å². The highest BCUT2D eigenvalue weighted by atomic mass is 15.4. The van der Waals surface area contributed by atoms with Crippen LogP contribution < -0.4 is 0 Å². The van der Waals surface area contributed by atoms with E-state index in [-0.39, 0.29) is 0 Å². The van der Waals surface area contributed by atoms with Crippen LogP contribution in [0.4, 0.5) is 0 Å². The van der Waals surface area contributed by atoms with Crippen LogP contribution in [-0.2, 0) is 0 Å². The first-order chi connectivity index (χ1) is 20.8. The highest BCUT2D eigenvalue weighted by Gasteiger charge is 2.24. The molecule has 2 heteroatoms. The van der Waals surface area contributed by atoms with E-state index in [0.717, 1.165) is 0 Å². The van der Waals surface area contributed by atoms with Crippen LogP contribution in [0.25, 0.3) is 0 Å². The van der Waals surface area contributed by atoms with Crippen LogP contribution in [0.3, 0.4) is 0 Å². The fourth-order valence-corrected chi connectivity index (χ4v) is 6.89. The van der Waals surface area contributed by atoms with E-state index in [0.29, 0.717) is 6.17 Å². The predicted octanol–water partition coefficient (Wildman–Crippen LogP) is 13.9. The molecule has 0 aromatic carbocycles. The van der Waals surface area contributed by atoms with E-state index >= 15 is 0 Å². The third-order valence-corrected chi connectivity index (χ3v) is 9.82. The minimum Gasteiger partial charge on any atom is -0.356 e. The van der Waals surface area contributed by atoms with Crippen LogP contribution in [-0.4, -0.2) is 29.1 Å². The van der Waals surface area contributed by atoms with Crippen molar-refractivity contribution in [3.05, 3.63) is 12.4 Å². The molecule has 0 saturated heterocycles. The second-order valence-corrected chi connectivity index (χ2v) is 13.9. The second kappa shape index (κ2) is 31.8. The Hall–Kier alpha value is -0.660. The van der Waals surface area contributed by atoms with Crippen LogP contribution in [0, 0.1) is 0 Å². The lowest BCUT2D eigenvalue weighted by Gasteiger charge is -2.33. The molecule has 0 aromatic heterocycles. The average Bonchev–Trinajstić information content (AvgIpc) is 3.38. The van der Waals surface area contributed by atoms with E-state index < -0.39 is 0 Å². The summed E-state index contributed by atoms with van der Waals surface area (Å²) in [5, 5.41) is 0. The van der Waals surface area contributed by atoms with Gasteiger partial charge in [-0.25, -0.2) is 0 Å². The van der Waals surface area contributed by atoms with Crippen molar-refractivity contribution < 1.29 is 0 Å². The lowest BCUT2D eigenvalue weighted by atomic mass is 10.0. The zero-order valence-electron chi connectivity index (χ0n) is 29.7. The smallest absolute Gasteiger partial charge is 0.101 e. The molecule has 1 rings (SSSR count). The molecule has 0 fully saturated rings. The van der Waals surface area contributed by atoms with Gasteiger partial charge in [-0.3, -0.25) is 0 Å². The van der Waals surface area contributed by atoms with Crippen LogP contribution >= 0.6 is 0 Å². The van der Waals surface area contributed by atoms with Gasteiger partial charge in [0.1, 0.15) is 6.17 Å². The summed E-state index contributed by atoms with van der Waals surface area (Å²) in [7, 11) is 0. The zero-order chi connectivity index (χ0) is 30.2. The maximum atomic E-state index is 2.71. The highest BCUT2D eigenvalue weighted by Crippen LogP contribution is 2.24. The summed E-state index contributed by atoms with van der Waals surface area (Å²) in [4.78, 5) is 5.41. The second-order valence-electron chi connectivity index (χ2n) is 13.9. The zero-order valence-corrected chi connectivity index (χ0v) is 29.7. The Bertz CT molecular complexity index is 544. The van der Waals surface area contributed by atoms with Crippen molar-refractivity contribution in [2.45, 2.75) is 232 Å². The minimum atomic E-state index is 0.640. The van der Waals surface area contributed by atoms with Gasteiger partial charge in [0.15, 0.2) is 0 Å². The molecule has 1 atom stereocenters. The van der Waals surface area contributed by atoms with Gasteiger partial charge >= 0.3 is 0 Å². The van der Waals surface area contributed by atoms with Crippen molar-refractivity contribution in [1.29, 1.82) is 0 Å². The average molecular weight is 589 g/mol. The number of hydrogen-bond acceptors (Lipinski definition) is 2. The molecule has 2 nitrogen and oxygen atoms in total. The maximum absolute atomic E-state index is 2.71. The first kappa shape index (κ1) is 39.4. The molecule has 1 heterocycles. The molecule has 1 unspecified atom stereocenters. The molecule has 0 N–H and O–H groups in total. The van der Waals surface area contributed by atoms with Crippen molar-refractivity contribution in [2.75, 3.05) is 13.1 Å². The Morgan fingerprint density at radius 1 is 0.310 bits per heavy atom. The first-order valence-electron chi connectivity index (χ1n) is 20.0. The van der Waals surface area contributed by atoms with E-state index in [9.17, 15) is 0 Å². The van der Waals surface area contributed by atoms with Gasteiger partial charge in [-0.15, -0.1) is 0 Å². The van der Waals surface area contributed by atoms with Crippen molar-refractivity contribution in [3.8, 4) is 0 Å². The van der Waals surface area contributed by atoms with Crippen molar-refractivity contribution in [1.82, 2.24) is 9.80 Å². The summed E-state index contributed by atoms with van der Waals surface area (Å²) in [6, 6.07) is 0. The molecule has 0 aliphatic carbocycles. The summed E-state index contributed by atoms with van der Waals surface area (Å²) < 4.78 is 0. The molecular formula is C40H80N2. The third-order valence-electron chi connectivity index (χ3n) is 9.82. The molecule has 0 spiro atoms. The largest absolute Gasteiger partial charge is 0.356 e. The van der Waals surface area contributed by atoms with Crippen LogP contribution in [0.15, 0.2) is 12.4 Å². The van der Waals surface area contributed by atoms with Crippen molar-refractivity contribution >= 4 is 0 Å². The molecule has 1 aliphatic heterocycles. The lowest BCUT2D eigenvalue weighted by molar-refractivity contribution is 0.135. The monoisotopic (exact) mass is 589 g/mol. The Morgan fingerprint density at radius 2 is 0.548 bits per heavy atom. The van der Waals surface area contributed by atoms with E-state index in [2.05, 4.69) is 43.0 Å². The predicted molar refractivity (Wildman–Crippen MR) is 191 cm³/mol. The fourth-order valence-electron chi connectivity index (χ4n) is 6.89. The lowest BCUT2D eigenvalue weighted by Crippen LogP contribution is -2.39. The molecule has 42 heavy (non-hydrogen) atoms. The molecular weight excluding hydrogens is 508 g/mol. The quantitative estimate of drug-likeness (QED) is 0.0690. The summed E-state index contributed by atoms with van der Waals surface area (Å²) in [5.41, 5.74) is 0. The van der Waals surface area contributed by atoms with E-state index in [1.165, 1.54) is 219 Å². The standard InChI is InChI=1S/C40H80N2/c1-4-7-10-13-16-18-19-20-21-22-23-24-25-26-27-29-32-35-40-41(36-33-30-15-12-9-6-3)38-39-42(40)37-34-31-28-17-14-11-8-5-2/h38-40H,4-37H2,1-3H3. The summed E-state index contributed by atoms with van der Waals surface area (Å²) in [5.74, 6) is 0. The number of unbranched alkanes of at least 4 members (excludes halogenated alkanes) is 28. The van der Waals surface area contributed by atoms with Gasteiger partial charge in [-0.1, -0.05) is 201 Å². The molecule has 0 saturated carbocycles. The Labute approximate surface area is 267 Å². The Balaban J connectivity index is 2.12. The molecule has 0 aromatic rings. The van der Waals surface area contributed by atoms with E-state index in [1.54, 1.807) is 0 Å². The highest BCUT2D eigenvalue weighted by molar-refractivity contribution is 4.97. The molecule has 0 radical (unpaired) electrons. The van der Waals surface area contributed by atoms with Gasteiger partial charge in [0.25, 0.3) is 0 Å². The van der Waals surface area contributed by atoms with E-state index in [4.69, 9.17) is 0 Å². The Kier molecular flexibility index (Phi) is 29.8. The number of nitrogens with zero attached hydrogens (tertiary/aromatic N) is 2. The molecule has 0 bridgehead atoms.